The first kappa shape index (κ1) is 16.0. The summed E-state index contributed by atoms with van der Waals surface area (Å²) in [6, 6.07) is -0.494. The minimum absolute atomic E-state index is 0.00444. The molecule has 118 valence electrons. The number of carbonyl (C=O) groups excluding carboxylic acids is 1. The Morgan fingerprint density at radius 3 is 2.71 bits per heavy atom. The third-order valence-electron chi connectivity index (χ3n) is 4.14. The van der Waals surface area contributed by atoms with E-state index >= 15 is 0 Å². The van der Waals surface area contributed by atoms with Crippen LogP contribution < -0.4 is 0 Å². The molecule has 2 rings (SSSR count). The number of hydrogen-bond acceptors (Lipinski definition) is 5. The van der Waals surface area contributed by atoms with Gasteiger partial charge in [0.25, 0.3) is 0 Å². The molecule has 21 heavy (non-hydrogen) atoms. The molecule has 1 saturated carbocycles. The number of rotatable bonds is 6. The van der Waals surface area contributed by atoms with Crippen molar-refractivity contribution in [1.29, 1.82) is 0 Å². The number of nitrogens with zero attached hydrogens (tertiary/aromatic N) is 2. The first-order valence-electron chi connectivity index (χ1n) is 7.32. The molecule has 0 amide bonds. The highest BCUT2D eigenvalue weighted by Gasteiger charge is 2.28. The van der Waals surface area contributed by atoms with Crippen LogP contribution in [0.5, 0.6) is 0 Å². The van der Waals surface area contributed by atoms with Gasteiger partial charge in [-0.25, -0.2) is 18.2 Å². The molecular weight excluding hydrogens is 292 g/mol. The van der Waals surface area contributed by atoms with Crippen LogP contribution in [0.1, 0.15) is 45.1 Å². The average molecular weight is 314 g/mol. The molecule has 0 radical (unpaired) electrons. The Balaban J connectivity index is 2.22. The number of hydrogen-bond donors (Lipinski definition) is 0. The van der Waals surface area contributed by atoms with Crippen LogP contribution in [0.15, 0.2) is 17.6 Å². The summed E-state index contributed by atoms with van der Waals surface area (Å²) in [5.74, 6) is 0.137. The molecule has 0 spiro atoms. The van der Waals surface area contributed by atoms with Crippen molar-refractivity contribution in [3.8, 4) is 0 Å². The summed E-state index contributed by atoms with van der Waals surface area (Å²) in [6.07, 6.45) is 8.14. The fraction of sp³-hybridized carbons (Fsp3) is 0.714. The van der Waals surface area contributed by atoms with Crippen molar-refractivity contribution in [3.63, 3.8) is 0 Å². The summed E-state index contributed by atoms with van der Waals surface area (Å²) in [5.41, 5.74) is 0. The standard InChI is InChI=1S/C14H22N2O4S/c1-3-21(18,19)13-9-16(10-15-13)12(14(17)20-2)8-11-6-4-5-7-11/h9-12H,3-8H2,1-2H3. The molecule has 6 nitrogen and oxygen atoms in total. The number of sulfone groups is 1. The van der Waals surface area contributed by atoms with E-state index in [9.17, 15) is 13.2 Å². The van der Waals surface area contributed by atoms with Crippen molar-refractivity contribution in [2.75, 3.05) is 12.9 Å². The number of ether oxygens (including phenoxy) is 1. The molecule has 1 aliphatic rings. The van der Waals surface area contributed by atoms with Crippen LogP contribution in [-0.2, 0) is 19.4 Å². The molecule has 1 aromatic heterocycles. The number of methoxy groups -OCH3 is 1. The number of imidazole rings is 1. The fourth-order valence-electron chi connectivity index (χ4n) is 2.83. The zero-order valence-electron chi connectivity index (χ0n) is 12.5. The zero-order valence-corrected chi connectivity index (χ0v) is 13.3. The van der Waals surface area contributed by atoms with E-state index in [1.165, 1.54) is 32.5 Å². The van der Waals surface area contributed by atoms with Crippen LogP contribution in [0.3, 0.4) is 0 Å². The largest absolute Gasteiger partial charge is 0.467 e. The Kier molecular flexibility index (Phi) is 5.03. The third kappa shape index (κ3) is 3.64. The van der Waals surface area contributed by atoms with Gasteiger partial charge in [0, 0.05) is 6.20 Å². The highest BCUT2D eigenvalue weighted by Crippen LogP contribution is 2.32. The Labute approximate surface area is 125 Å². The predicted molar refractivity (Wildman–Crippen MR) is 77.6 cm³/mol. The van der Waals surface area contributed by atoms with Gasteiger partial charge in [-0.05, 0) is 12.3 Å². The van der Waals surface area contributed by atoms with Gasteiger partial charge in [-0.2, -0.15) is 0 Å². The maximum absolute atomic E-state index is 12.0. The van der Waals surface area contributed by atoms with Gasteiger partial charge in [0.1, 0.15) is 6.04 Å². The second-order valence-corrected chi connectivity index (χ2v) is 7.71. The molecule has 0 aliphatic heterocycles. The molecule has 1 unspecified atom stereocenters. The van der Waals surface area contributed by atoms with Crippen LogP contribution in [0, 0.1) is 5.92 Å². The van der Waals surface area contributed by atoms with Crippen LogP contribution >= 0.6 is 0 Å². The van der Waals surface area contributed by atoms with Crippen LogP contribution in [0.25, 0.3) is 0 Å². The van der Waals surface area contributed by atoms with Crippen molar-refractivity contribution >= 4 is 15.8 Å². The summed E-state index contributed by atoms with van der Waals surface area (Å²) in [5, 5.41) is 0.0188. The second kappa shape index (κ2) is 6.60. The van der Waals surface area contributed by atoms with Gasteiger partial charge in [0.05, 0.1) is 19.2 Å². The molecule has 1 aliphatic carbocycles. The maximum atomic E-state index is 12.0. The van der Waals surface area contributed by atoms with E-state index in [-0.39, 0.29) is 16.7 Å². The first-order chi connectivity index (χ1) is 9.97. The number of esters is 1. The smallest absolute Gasteiger partial charge is 0.328 e. The Hall–Kier alpha value is -1.37. The molecule has 0 saturated heterocycles. The molecule has 7 heteroatoms. The van der Waals surface area contributed by atoms with E-state index in [1.54, 1.807) is 11.5 Å². The fourth-order valence-corrected chi connectivity index (χ4v) is 3.62. The topological polar surface area (TPSA) is 78.3 Å². The van der Waals surface area contributed by atoms with E-state index in [2.05, 4.69) is 4.98 Å². The van der Waals surface area contributed by atoms with E-state index in [0.29, 0.717) is 12.3 Å². The van der Waals surface area contributed by atoms with Gasteiger partial charge in [-0.15, -0.1) is 0 Å². The quantitative estimate of drug-likeness (QED) is 0.750. The maximum Gasteiger partial charge on any atom is 0.328 e. The van der Waals surface area contributed by atoms with E-state index < -0.39 is 15.9 Å². The van der Waals surface area contributed by atoms with E-state index in [0.717, 1.165) is 12.8 Å². The van der Waals surface area contributed by atoms with Gasteiger partial charge >= 0.3 is 5.97 Å². The summed E-state index contributed by atoms with van der Waals surface area (Å²) in [6.45, 7) is 1.57. The first-order valence-corrected chi connectivity index (χ1v) is 8.97. The van der Waals surface area contributed by atoms with Gasteiger partial charge < -0.3 is 9.30 Å². The Morgan fingerprint density at radius 1 is 1.48 bits per heavy atom. The number of aromatic nitrogens is 2. The van der Waals surface area contributed by atoms with Gasteiger partial charge in [-0.3, -0.25) is 0 Å². The zero-order chi connectivity index (χ0) is 15.5. The van der Waals surface area contributed by atoms with Crippen molar-refractivity contribution < 1.29 is 17.9 Å². The van der Waals surface area contributed by atoms with Crippen molar-refractivity contribution in [1.82, 2.24) is 9.55 Å². The van der Waals surface area contributed by atoms with Crippen molar-refractivity contribution in [2.45, 2.75) is 50.1 Å². The molecule has 1 aromatic rings. The molecule has 1 fully saturated rings. The highest BCUT2D eigenvalue weighted by atomic mass is 32.2. The minimum atomic E-state index is -3.35. The SMILES string of the molecule is CCS(=O)(=O)c1cn(C(CC2CCCC2)C(=O)OC)cn1. The van der Waals surface area contributed by atoms with E-state index in [4.69, 9.17) is 4.74 Å². The molecule has 0 bridgehead atoms. The van der Waals surface area contributed by atoms with Gasteiger partial charge in [0.2, 0.25) is 0 Å². The lowest BCUT2D eigenvalue weighted by molar-refractivity contribution is -0.145. The van der Waals surface area contributed by atoms with E-state index in [1.807, 2.05) is 0 Å². The van der Waals surface area contributed by atoms with Crippen molar-refractivity contribution in [3.05, 3.63) is 12.5 Å². The van der Waals surface area contributed by atoms with Gasteiger partial charge in [-0.1, -0.05) is 32.6 Å². The van der Waals surface area contributed by atoms with Crippen molar-refractivity contribution in [2.24, 2.45) is 5.92 Å². The lowest BCUT2D eigenvalue weighted by atomic mass is 9.98. The monoisotopic (exact) mass is 314 g/mol. The van der Waals surface area contributed by atoms with Gasteiger partial charge in [0.15, 0.2) is 14.9 Å². The lowest BCUT2D eigenvalue weighted by Gasteiger charge is -2.19. The lowest BCUT2D eigenvalue weighted by Crippen LogP contribution is -2.22. The normalized spacial score (nSPS) is 17.8. The summed E-state index contributed by atoms with van der Waals surface area (Å²) >= 11 is 0. The summed E-state index contributed by atoms with van der Waals surface area (Å²) < 4.78 is 30.1. The summed E-state index contributed by atoms with van der Waals surface area (Å²) in [4.78, 5) is 15.9. The van der Waals surface area contributed by atoms with Crippen LogP contribution in [0.2, 0.25) is 0 Å². The molecule has 1 atom stereocenters. The minimum Gasteiger partial charge on any atom is -0.467 e. The number of carbonyl (C=O) groups is 1. The molecule has 0 aromatic carbocycles. The van der Waals surface area contributed by atoms with Crippen LogP contribution in [0.4, 0.5) is 0 Å². The Bertz CT molecular complexity index is 588. The summed E-state index contributed by atoms with van der Waals surface area (Å²) in [7, 11) is -2.00. The highest BCUT2D eigenvalue weighted by molar-refractivity contribution is 7.91. The third-order valence-corrected chi connectivity index (χ3v) is 5.75. The average Bonchev–Trinajstić information content (AvgIpc) is 3.15. The van der Waals surface area contributed by atoms with Crippen LogP contribution in [-0.4, -0.2) is 36.8 Å². The second-order valence-electron chi connectivity index (χ2n) is 5.49. The Morgan fingerprint density at radius 2 is 2.14 bits per heavy atom. The molecular formula is C14H22N2O4S. The molecule has 0 N–H and O–H groups in total. The molecule has 1 heterocycles. The predicted octanol–water partition coefficient (Wildman–Crippen LogP) is 1.97.